The number of hydrazine groups is 1. The number of nitrogens with two attached hydrogens (primary N) is 2. The Labute approximate surface area is 125 Å². The highest BCUT2D eigenvalue weighted by atomic mass is 32.1. The third-order valence-electron chi connectivity index (χ3n) is 2.62. The van der Waals surface area contributed by atoms with Gasteiger partial charge in [-0.25, -0.2) is 0 Å². The number of amides is 2. The zero-order valence-corrected chi connectivity index (χ0v) is 11.6. The first-order chi connectivity index (χ1) is 9.90. The molecule has 9 heteroatoms. The number of carbonyl (C=O) groups is 2. The number of hydrogen-bond donors (Lipinski definition) is 4. The average molecular weight is 304 g/mol. The molecule has 1 aliphatic rings. The number of hydrogen-bond acceptors (Lipinski definition) is 6. The highest BCUT2D eigenvalue weighted by Crippen LogP contribution is 2.11. The lowest BCUT2D eigenvalue weighted by molar-refractivity contribution is -0.120. The molecular weight excluding hydrogens is 292 g/mol. The molecule has 21 heavy (non-hydrogen) atoms. The molecule has 8 nitrogen and oxygen atoms in total. The molecule has 1 aliphatic heterocycles. The predicted molar refractivity (Wildman–Crippen MR) is 81.9 cm³/mol. The molecule has 2 rings (SSSR count). The van der Waals surface area contributed by atoms with Crippen molar-refractivity contribution in [3.05, 3.63) is 42.1 Å². The van der Waals surface area contributed by atoms with Crippen LogP contribution in [0.3, 0.4) is 0 Å². The van der Waals surface area contributed by atoms with Gasteiger partial charge in [-0.15, -0.1) is 0 Å². The molecule has 1 fully saturated rings. The van der Waals surface area contributed by atoms with Crippen LogP contribution < -0.4 is 22.3 Å². The predicted octanol–water partition coefficient (Wildman–Crippen LogP) is -0.342. The van der Waals surface area contributed by atoms with Crippen molar-refractivity contribution in [2.45, 2.75) is 0 Å². The molecule has 0 bridgehead atoms. The number of rotatable bonds is 3. The molecule has 0 saturated carbocycles. The first-order valence-corrected chi connectivity index (χ1v) is 6.14. The lowest BCUT2D eigenvalue weighted by atomic mass is 10.2. The lowest BCUT2D eigenvalue weighted by Crippen LogP contribution is -2.43. The van der Waals surface area contributed by atoms with E-state index in [9.17, 15) is 9.59 Å². The molecule has 2 amide bonds. The Morgan fingerprint density at radius 2 is 1.95 bits per heavy atom. The molecular formula is C12H12N6O2S. The quantitative estimate of drug-likeness (QED) is 0.447. The number of anilines is 1. The van der Waals surface area contributed by atoms with Crippen molar-refractivity contribution in [2.75, 3.05) is 5.43 Å². The minimum atomic E-state index is -0.525. The highest BCUT2D eigenvalue weighted by Gasteiger charge is 2.32. The lowest BCUT2D eigenvalue weighted by Gasteiger charge is -2.11. The van der Waals surface area contributed by atoms with Gasteiger partial charge >= 0.3 is 5.91 Å². The van der Waals surface area contributed by atoms with Crippen LogP contribution in [0.2, 0.25) is 0 Å². The molecule has 1 heterocycles. The monoisotopic (exact) mass is 304 g/mol. The molecule has 0 radical (unpaired) electrons. The van der Waals surface area contributed by atoms with Crippen molar-refractivity contribution in [2.24, 2.45) is 16.6 Å². The number of primary amides is 1. The number of carbonyl (C=O) groups excluding carboxylic acids is 2. The van der Waals surface area contributed by atoms with Crippen molar-refractivity contribution in [1.82, 2.24) is 10.4 Å². The molecule has 0 atom stereocenters. The Morgan fingerprint density at radius 3 is 2.43 bits per heavy atom. The smallest absolute Gasteiger partial charge is 0.301 e. The van der Waals surface area contributed by atoms with Crippen molar-refractivity contribution in [3.63, 3.8) is 0 Å². The largest absolute Gasteiger partial charge is 0.374 e. The second-order valence-electron chi connectivity index (χ2n) is 4.08. The van der Waals surface area contributed by atoms with Gasteiger partial charge in [0.2, 0.25) is 5.91 Å². The Kier molecular flexibility index (Phi) is 3.85. The zero-order chi connectivity index (χ0) is 15.6. The standard InChI is InChI=1S/C12H12N6O2S/c1-6-9(11(20)18(17-6)12(14)21)16-15-8-4-2-7(3-5-8)10(13)19/h2-5,15,17H,1H2,(H2,13,19)(H2,14,21). The number of hydrazone groups is 1. The average Bonchev–Trinajstić information content (AvgIpc) is 2.72. The molecule has 1 aromatic carbocycles. The summed E-state index contributed by atoms with van der Waals surface area (Å²) in [4.78, 5) is 22.9. The summed E-state index contributed by atoms with van der Waals surface area (Å²) in [5.41, 5.74) is 17.1. The topological polar surface area (TPSA) is 126 Å². The first-order valence-electron chi connectivity index (χ1n) is 5.73. The van der Waals surface area contributed by atoms with Crippen LogP contribution in [0, 0.1) is 0 Å². The van der Waals surface area contributed by atoms with Crippen LogP contribution in [0.4, 0.5) is 5.69 Å². The van der Waals surface area contributed by atoms with Gasteiger partial charge < -0.3 is 11.5 Å². The summed E-state index contributed by atoms with van der Waals surface area (Å²) in [6.45, 7) is 3.65. The van der Waals surface area contributed by atoms with Gasteiger partial charge in [0.05, 0.1) is 11.4 Å². The maximum Gasteiger partial charge on any atom is 0.301 e. The van der Waals surface area contributed by atoms with Crippen molar-refractivity contribution < 1.29 is 9.59 Å². The third-order valence-corrected chi connectivity index (χ3v) is 2.81. The van der Waals surface area contributed by atoms with Gasteiger partial charge in [-0.05, 0) is 36.5 Å². The van der Waals surface area contributed by atoms with E-state index in [1.165, 1.54) is 12.1 Å². The molecule has 0 aliphatic carbocycles. The van der Waals surface area contributed by atoms with Gasteiger partial charge in [-0.3, -0.25) is 20.4 Å². The van der Waals surface area contributed by atoms with Gasteiger partial charge in [-0.1, -0.05) is 6.58 Å². The van der Waals surface area contributed by atoms with E-state index in [-0.39, 0.29) is 16.5 Å². The number of nitrogens with one attached hydrogen (secondary N) is 2. The van der Waals surface area contributed by atoms with E-state index < -0.39 is 11.8 Å². The summed E-state index contributed by atoms with van der Waals surface area (Å²) in [6, 6.07) is 6.28. The summed E-state index contributed by atoms with van der Waals surface area (Å²) in [5.74, 6) is -1.03. The van der Waals surface area contributed by atoms with Crippen molar-refractivity contribution in [3.8, 4) is 0 Å². The fourth-order valence-electron chi connectivity index (χ4n) is 1.57. The van der Waals surface area contributed by atoms with Gasteiger partial charge in [0.15, 0.2) is 10.8 Å². The minimum absolute atomic E-state index is 0.0572. The van der Waals surface area contributed by atoms with Crippen LogP contribution >= 0.6 is 12.2 Å². The minimum Gasteiger partial charge on any atom is -0.374 e. The second kappa shape index (κ2) is 5.59. The molecule has 1 aromatic rings. The Bertz CT molecular complexity index is 667. The molecule has 6 N–H and O–H groups in total. The summed E-state index contributed by atoms with van der Waals surface area (Å²) in [7, 11) is 0. The molecule has 1 saturated heterocycles. The van der Waals surface area contributed by atoms with Gasteiger partial charge in [0.1, 0.15) is 0 Å². The molecule has 0 spiro atoms. The van der Waals surface area contributed by atoms with Crippen LogP contribution in [-0.2, 0) is 4.79 Å². The molecule has 0 aromatic heterocycles. The number of nitrogens with zero attached hydrogens (tertiary/aromatic N) is 2. The summed E-state index contributed by atoms with van der Waals surface area (Å²) < 4.78 is 0. The summed E-state index contributed by atoms with van der Waals surface area (Å²) in [5, 5.41) is 4.78. The summed E-state index contributed by atoms with van der Waals surface area (Å²) >= 11 is 4.71. The fourth-order valence-corrected chi connectivity index (χ4v) is 1.70. The van der Waals surface area contributed by atoms with Crippen LogP contribution in [0.5, 0.6) is 0 Å². The van der Waals surface area contributed by atoms with Gasteiger partial charge in [0, 0.05) is 5.56 Å². The molecule has 0 unspecified atom stereocenters. The Hall–Kier alpha value is -2.94. The summed E-state index contributed by atoms with van der Waals surface area (Å²) in [6.07, 6.45) is 0. The Balaban J connectivity index is 2.14. The van der Waals surface area contributed by atoms with Crippen molar-refractivity contribution >= 4 is 40.5 Å². The van der Waals surface area contributed by atoms with Crippen molar-refractivity contribution in [1.29, 1.82) is 0 Å². The van der Waals surface area contributed by atoms with Gasteiger partial charge in [-0.2, -0.15) is 10.1 Å². The van der Waals surface area contributed by atoms with Gasteiger partial charge in [0.25, 0.3) is 0 Å². The second-order valence-corrected chi connectivity index (χ2v) is 4.50. The number of thiocarbonyl (C=S) groups is 1. The zero-order valence-electron chi connectivity index (χ0n) is 10.8. The van der Waals surface area contributed by atoms with E-state index in [2.05, 4.69) is 22.5 Å². The normalized spacial score (nSPS) is 16.0. The maximum atomic E-state index is 11.9. The van der Waals surface area contributed by atoms with E-state index in [0.29, 0.717) is 11.3 Å². The SMILES string of the molecule is C=C1NN(C(N)=S)C(=O)C1=NNc1ccc(C(N)=O)cc1. The van der Waals surface area contributed by atoms with E-state index in [1.807, 2.05) is 0 Å². The Morgan fingerprint density at radius 1 is 1.33 bits per heavy atom. The van der Waals surface area contributed by atoms with E-state index >= 15 is 0 Å². The van der Waals surface area contributed by atoms with E-state index in [1.54, 1.807) is 12.1 Å². The highest BCUT2D eigenvalue weighted by molar-refractivity contribution is 7.80. The number of benzene rings is 1. The van der Waals surface area contributed by atoms with Crippen LogP contribution in [-0.4, -0.2) is 27.6 Å². The first kappa shape index (κ1) is 14.5. The van der Waals surface area contributed by atoms with E-state index in [0.717, 1.165) is 5.01 Å². The van der Waals surface area contributed by atoms with E-state index in [4.69, 9.17) is 23.7 Å². The fraction of sp³-hybridized carbons (Fsp3) is 0. The maximum absolute atomic E-state index is 11.9. The van der Waals surface area contributed by atoms with Crippen LogP contribution in [0.15, 0.2) is 41.6 Å². The third kappa shape index (κ3) is 2.98. The van der Waals surface area contributed by atoms with Crippen LogP contribution in [0.25, 0.3) is 0 Å². The van der Waals surface area contributed by atoms with Crippen LogP contribution in [0.1, 0.15) is 10.4 Å². The molecule has 108 valence electrons.